The average Bonchev–Trinajstić information content (AvgIpc) is 2.27. The highest BCUT2D eigenvalue weighted by Crippen LogP contribution is 2.12. The summed E-state index contributed by atoms with van der Waals surface area (Å²) in [5.74, 6) is 0.868. The molecule has 1 aromatic carbocycles. The Bertz CT molecular complexity index is 256. The fraction of sp³-hybridized carbons (Fsp3) is 0.500. The molecule has 0 saturated heterocycles. The van der Waals surface area contributed by atoms with Gasteiger partial charge in [-0.05, 0) is 24.1 Å². The first kappa shape index (κ1) is 12.0. The van der Waals surface area contributed by atoms with Crippen LogP contribution < -0.4 is 4.74 Å². The first-order valence-corrected chi connectivity index (χ1v) is 5.18. The highest BCUT2D eigenvalue weighted by atomic mass is 16.5. The minimum absolute atomic E-state index is 0.189. The number of hydrogen-bond acceptors (Lipinski definition) is 3. The molecule has 0 radical (unpaired) electrons. The second-order valence-electron chi connectivity index (χ2n) is 3.31. The van der Waals surface area contributed by atoms with E-state index in [9.17, 15) is 0 Å². The molecule has 0 unspecified atom stereocenters. The summed E-state index contributed by atoms with van der Waals surface area (Å²) < 4.78 is 10.4. The van der Waals surface area contributed by atoms with E-state index in [1.54, 1.807) is 7.11 Å². The third-order valence-corrected chi connectivity index (χ3v) is 2.09. The Morgan fingerprint density at radius 1 is 1.13 bits per heavy atom. The Balaban J connectivity index is 2.29. The molecule has 0 saturated carbocycles. The van der Waals surface area contributed by atoms with Gasteiger partial charge in [-0.3, -0.25) is 0 Å². The minimum Gasteiger partial charge on any atom is -0.494 e. The predicted molar refractivity (Wildman–Crippen MR) is 59.2 cm³/mol. The molecule has 84 valence electrons. The summed E-state index contributed by atoms with van der Waals surface area (Å²) in [6.07, 6.45) is 1.60. The van der Waals surface area contributed by atoms with Crippen LogP contribution in [-0.2, 0) is 11.2 Å². The predicted octanol–water partition coefficient (Wildman–Crippen LogP) is 1.64. The molecule has 0 aliphatic rings. The summed E-state index contributed by atoms with van der Waals surface area (Å²) in [4.78, 5) is 0. The van der Waals surface area contributed by atoms with Gasteiger partial charge in [0.1, 0.15) is 5.75 Å². The van der Waals surface area contributed by atoms with E-state index in [4.69, 9.17) is 14.6 Å². The lowest BCUT2D eigenvalue weighted by Gasteiger charge is -2.06. The number of ether oxygens (including phenoxy) is 2. The first-order valence-electron chi connectivity index (χ1n) is 5.18. The molecule has 0 heterocycles. The van der Waals surface area contributed by atoms with E-state index in [-0.39, 0.29) is 6.61 Å². The molecule has 1 aromatic rings. The maximum atomic E-state index is 8.74. The van der Waals surface area contributed by atoms with Gasteiger partial charge in [0.2, 0.25) is 0 Å². The topological polar surface area (TPSA) is 38.7 Å². The van der Waals surface area contributed by atoms with Gasteiger partial charge >= 0.3 is 0 Å². The average molecular weight is 210 g/mol. The van der Waals surface area contributed by atoms with Gasteiger partial charge in [0.15, 0.2) is 0 Å². The van der Waals surface area contributed by atoms with Crippen LogP contribution in [0.1, 0.15) is 12.0 Å². The fourth-order valence-electron chi connectivity index (χ4n) is 1.27. The van der Waals surface area contributed by atoms with E-state index in [1.165, 1.54) is 0 Å². The molecule has 0 aliphatic carbocycles. The Morgan fingerprint density at radius 2 is 1.87 bits per heavy atom. The normalized spacial score (nSPS) is 10.3. The van der Waals surface area contributed by atoms with Crippen LogP contribution >= 0.6 is 0 Å². The standard InChI is InChI=1S/C12H18O3/c1-14-9-2-10-15-12-5-3-11(4-6-12)7-8-13/h3-6,13H,2,7-10H2,1H3. The first-order chi connectivity index (χ1) is 7.36. The molecule has 3 nitrogen and oxygen atoms in total. The Hall–Kier alpha value is -1.06. The molecular formula is C12H18O3. The smallest absolute Gasteiger partial charge is 0.119 e. The van der Waals surface area contributed by atoms with Crippen molar-refractivity contribution in [1.82, 2.24) is 0 Å². The molecule has 0 aliphatic heterocycles. The third kappa shape index (κ3) is 4.81. The van der Waals surface area contributed by atoms with Gasteiger partial charge in [-0.25, -0.2) is 0 Å². The van der Waals surface area contributed by atoms with Crippen molar-refractivity contribution < 1.29 is 14.6 Å². The maximum absolute atomic E-state index is 8.74. The van der Waals surface area contributed by atoms with E-state index in [0.717, 1.165) is 24.3 Å². The van der Waals surface area contributed by atoms with Gasteiger partial charge in [-0.1, -0.05) is 12.1 Å². The van der Waals surface area contributed by atoms with Crippen LogP contribution in [0.15, 0.2) is 24.3 Å². The summed E-state index contributed by atoms with van der Waals surface area (Å²) >= 11 is 0. The van der Waals surface area contributed by atoms with Gasteiger partial charge in [-0.15, -0.1) is 0 Å². The Kier molecular flexibility index (Phi) is 5.81. The number of aliphatic hydroxyl groups excluding tert-OH is 1. The van der Waals surface area contributed by atoms with Crippen LogP contribution in [-0.4, -0.2) is 32.0 Å². The van der Waals surface area contributed by atoms with E-state index in [0.29, 0.717) is 13.0 Å². The van der Waals surface area contributed by atoms with Crippen LogP contribution in [0.2, 0.25) is 0 Å². The number of aliphatic hydroxyl groups is 1. The van der Waals surface area contributed by atoms with E-state index in [2.05, 4.69) is 0 Å². The molecule has 0 spiro atoms. The molecule has 0 bridgehead atoms. The van der Waals surface area contributed by atoms with Gasteiger partial charge in [0, 0.05) is 26.7 Å². The zero-order chi connectivity index (χ0) is 10.9. The van der Waals surface area contributed by atoms with Crippen molar-refractivity contribution in [1.29, 1.82) is 0 Å². The molecule has 0 amide bonds. The Morgan fingerprint density at radius 3 is 2.47 bits per heavy atom. The number of rotatable bonds is 7. The van der Waals surface area contributed by atoms with Crippen LogP contribution in [0.4, 0.5) is 0 Å². The highest BCUT2D eigenvalue weighted by Gasteiger charge is 1.95. The van der Waals surface area contributed by atoms with Gasteiger partial charge in [0.05, 0.1) is 6.61 Å². The quantitative estimate of drug-likeness (QED) is 0.695. The molecule has 1 N–H and O–H groups in total. The van der Waals surface area contributed by atoms with E-state index >= 15 is 0 Å². The van der Waals surface area contributed by atoms with Gasteiger partial charge in [0.25, 0.3) is 0 Å². The Labute approximate surface area is 90.6 Å². The molecular weight excluding hydrogens is 192 g/mol. The van der Waals surface area contributed by atoms with Crippen molar-refractivity contribution in [3.8, 4) is 5.75 Å². The molecule has 1 rings (SSSR count). The zero-order valence-corrected chi connectivity index (χ0v) is 9.11. The van der Waals surface area contributed by atoms with Crippen molar-refractivity contribution in [2.24, 2.45) is 0 Å². The lowest BCUT2D eigenvalue weighted by Crippen LogP contribution is -2.01. The minimum atomic E-state index is 0.189. The van der Waals surface area contributed by atoms with Gasteiger partial charge < -0.3 is 14.6 Å². The summed E-state index contributed by atoms with van der Waals surface area (Å²) in [5, 5.41) is 8.74. The van der Waals surface area contributed by atoms with Crippen molar-refractivity contribution >= 4 is 0 Å². The monoisotopic (exact) mass is 210 g/mol. The summed E-state index contributed by atoms with van der Waals surface area (Å²) in [6.45, 7) is 1.59. The van der Waals surface area contributed by atoms with E-state index < -0.39 is 0 Å². The zero-order valence-electron chi connectivity index (χ0n) is 9.11. The molecule has 3 heteroatoms. The summed E-state index contributed by atoms with van der Waals surface area (Å²) in [6, 6.07) is 7.80. The number of benzene rings is 1. The summed E-state index contributed by atoms with van der Waals surface area (Å²) in [7, 11) is 1.68. The van der Waals surface area contributed by atoms with Crippen LogP contribution in [0.25, 0.3) is 0 Å². The van der Waals surface area contributed by atoms with Crippen LogP contribution in [0.5, 0.6) is 5.75 Å². The fourth-order valence-corrected chi connectivity index (χ4v) is 1.27. The van der Waals surface area contributed by atoms with Crippen LogP contribution in [0.3, 0.4) is 0 Å². The second kappa shape index (κ2) is 7.26. The lowest BCUT2D eigenvalue weighted by molar-refractivity contribution is 0.172. The van der Waals surface area contributed by atoms with Crippen LogP contribution in [0, 0.1) is 0 Å². The number of methoxy groups -OCH3 is 1. The van der Waals surface area contributed by atoms with Gasteiger partial charge in [-0.2, -0.15) is 0 Å². The SMILES string of the molecule is COCCCOc1ccc(CCO)cc1. The molecule has 0 atom stereocenters. The largest absolute Gasteiger partial charge is 0.494 e. The van der Waals surface area contributed by atoms with E-state index in [1.807, 2.05) is 24.3 Å². The van der Waals surface area contributed by atoms with Crippen molar-refractivity contribution in [3.05, 3.63) is 29.8 Å². The molecule has 0 fully saturated rings. The molecule has 0 aromatic heterocycles. The lowest BCUT2D eigenvalue weighted by atomic mass is 10.1. The van der Waals surface area contributed by atoms with Crippen molar-refractivity contribution in [2.75, 3.05) is 26.9 Å². The second-order valence-corrected chi connectivity index (χ2v) is 3.31. The van der Waals surface area contributed by atoms with Crippen molar-refractivity contribution in [2.45, 2.75) is 12.8 Å². The number of hydrogen-bond donors (Lipinski definition) is 1. The highest BCUT2D eigenvalue weighted by molar-refractivity contribution is 5.27. The molecule has 15 heavy (non-hydrogen) atoms. The maximum Gasteiger partial charge on any atom is 0.119 e. The van der Waals surface area contributed by atoms with Crippen molar-refractivity contribution in [3.63, 3.8) is 0 Å². The third-order valence-electron chi connectivity index (χ3n) is 2.09. The summed E-state index contributed by atoms with van der Waals surface area (Å²) in [5.41, 5.74) is 1.13.